The topological polar surface area (TPSA) is 87.0 Å². The van der Waals surface area contributed by atoms with Gasteiger partial charge in [-0.2, -0.15) is 4.68 Å². The van der Waals surface area contributed by atoms with Crippen molar-refractivity contribution in [1.29, 1.82) is 0 Å². The first-order chi connectivity index (χ1) is 15.6. The number of para-hydroxylation sites is 1. The zero-order chi connectivity index (χ0) is 22.1. The van der Waals surface area contributed by atoms with Crippen molar-refractivity contribution in [2.45, 2.75) is 13.7 Å². The lowest BCUT2D eigenvalue weighted by Gasteiger charge is -2.14. The van der Waals surface area contributed by atoms with Crippen LogP contribution in [0, 0.1) is 6.92 Å². The van der Waals surface area contributed by atoms with Gasteiger partial charge in [0.15, 0.2) is 6.73 Å². The zero-order valence-corrected chi connectivity index (χ0v) is 17.2. The number of aromatic nitrogens is 4. The lowest BCUT2D eigenvalue weighted by atomic mass is 9.98. The zero-order valence-electron chi connectivity index (χ0n) is 17.2. The van der Waals surface area contributed by atoms with Gasteiger partial charge in [0, 0.05) is 10.9 Å². The molecule has 0 atom stereocenters. The van der Waals surface area contributed by atoms with Crippen molar-refractivity contribution in [3.8, 4) is 11.3 Å². The molecule has 32 heavy (non-hydrogen) atoms. The van der Waals surface area contributed by atoms with E-state index in [4.69, 9.17) is 9.72 Å². The molecule has 0 radical (unpaired) electrons. The van der Waals surface area contributed by atoms with Gasteiger partial charge in [0.2, 0.25) is 0 Å². The lowest BCUT2D eigenvalue weighted by Crippen LogP contribution is -2.26. The van der Waals surface area contributed by atoms with Gasteiger partial charge in [0.1, 0.15) is 5.52 Å². The quantitative estimate of drug-likeness (QED) is 0.405. The van der Waals surface area contributed by atoms with Crippen LogP contribution >= 0.6 is 0 Å². The summed E-state index contributed by atoms with van der Waals surface area (Å²) in [7, 11) is 0. The van der Waals surface area contributed by atoms with Crippen molar-refractivity contribution in [1.82, 2.24) is 20.0 Å². The average molecular weight is 422 g/mol. The van der Waals surface area contributed by atoms with E-state index in [0.717, 1.165) is 10.2 Å². The van der Waals surface area contributed by atoms with Gasteiger partial charge >= 0.3 is 5.97 Å². The molecule has 7 nitrogen and oxygen atoms in total. The Bertz CT molecular complexity index is 1530. The van der Waals surface area contributed by atoms with Crippen LogP contribution < -0.4 is 5.56 Å². The first kappa shape index (κ1) is 19.6. The maximum Gasteiger partial charge on any atom is 0.340 e. The van der Waals surface area contributed by atoms with Crippen LogP contribution in [-0.4, -0.2) is 25.9 Å². The van der Waals surface area contributed by atoms with Crippen LogP contribution in [0.3, 0.4) is 0 Å². The lowest BCUT2D eigenvalue weighted by molar-refractivity contribution is 0.0337. The average Bonchev–Trinajstić information content (AvgIpc) is 2.84. The highest BCUT2D eigenvalue weighted by Gasteiger charge is 2.20. The van der Waals surface area contributed by atoms with Gasteiger partial charge in [-0.25, -0.2) is 9.78 Å². The molecule has 3 aromatic carbocycles. The summed E-state index contributed by atoms with van der Waals surface area (Å²) >= 11 is 0. The van der Waals surface area contributed by atoms with Crippen LogP contribution in [0.25, 0.3) is 33.1 Å². The Morgan fingerprint density at radius 2 is 1.53 bits per heavy atom. The summed E-state index contributed by atoms with van der Waals surface area (Å²) in [5.41, 5.74) is 3.54. The summed E-state index contributed by atoms with van der Waals surface area (Å²) in [5, 5.41) is 9.01. The molecular formula is C25H18N4O3. The van der Waals surface area contributed by atoms with E-state index in [9.17, 15) is 9.59 Å². The molecule has 0 saturated carbocycles. The molecule has 0 spiro atoms. The number of hydrogen-bond donors (Lipinski definition) is 0. The third kappa shape index (κ3) is 3.39. The minimum atomic E-state index is -0.555. The predicted molar refractivity (Wildman–Crippen MR) is 121 cm³/mol. The number of rotatable bonds is 4. The number of nitrogens with zero attached hydrogens (tertiary/aromatic N) is 4. The molecule has 0 fully saturated rings. The first-order valence-electron chi connectivity index (χ1n) is 10.1. The van der Waals surface area contributed by atoms with E-state index in [0.29, 0.717) is 38.6 Å². The first-order valence-corrected chi connectivity index (χ1v) is 10.1. The smallest absolute Gasteiger partial charge is 0.340 e. The van der Waals surface area contributed by atoms with Crippen LogP contribution in [0.15, 0.2) is 83.7 Å². The second kappa shape index (κ2) is 8.03. The number of esters is 1. The van der Waals surface area contributed by atoms with Crippen LogP contribution in [-0.2, 0) is 11.5 Å². The molecule has 0 unspecified atom stereocenters. The number of fused-ring (bicyclic) bond motifs is 2. The second-order valence-electron chi connectivity index (χ2n) is 7.32. The van der Waals surface area contributed by atoms with E-state index in [1.165, 1.54) is 0 Å². The highest BCUT2D eigenvalue weighted by atomic mass is 16.5. The Balaban J connectivity index is 1.54. The number of benzene rings is 3. The highest BCUT2D eigenvalue weighted by molar-refractivity contribution is 6.06. The maximum atomic E-state index is 13.2. The van der Waals surface area contributed by atoms with E-state index in [2.05, 4.69) is 10.3 Å². The van der Waals surface area contributed by atoms with Crippen LogP contribution in [0.1, 0.15) is 15.9 Å². The molecule has 2 heterocycles. The van der Waals surface area contributed by atoms with E-state index >= 15 is 0 Å². The summed E-state index contributed by atoms with van der Waals surface area (Å²) in [6.07, 6.45) is 0. The molecule has 7 heteroatoms. The minimum Gasteiger partial charge on any atom is -0.439 e. The summed E-state index contributed by atoms with van der Waals surface area (Å²) in [4.78, 5) is 30.6. The number of pyridine rings is 1. The van der Waals surface area contributed by atoms with Gasteiger partial charge < -0.3 is 4.74 Å². The largest absolute Gasteiger partial charge is 0.439 e. The monoisotopic (exact) mass is 422 g/mol. The second-order valence-corrected chi connectivity index (χ2v) is 7.32. The Kier molecular flexibility index (Phi) is 4.91. The normalized spacial score (nSPS) is 11.0. The van der Waals surface area contributed by atoms with Crippen LogP contribution in [0.5, 0.6) is 0 Å². The van der Waals surface area contributed by atoms with E-state index in [1.807, 2.05) is 61.5 Å². The maximum absolute atomic E-state index is 13.2. The molecule has 0 aliphatic heterocycles. The van der Waals surface area contributed by atoms with Crippen molar-refractivity contribution < 1.29 is 9.53 Å². The fourth-order valence-corrected chi connectivity index (χ4v) is 3.75. The summed E-state index contributed by atoms with van der Waals surface area (Å²) in [5.74, 6) is -0.555. The third-order valence-corrected chi connectivity index (χ3v) is 5.33. The number of carbonyl (C=O) groups excluding carboxylic acids is 1. The molecule has 0 amide bonds. The molecule has 0 aliphatic rings. The standard InChI is InChI=1S/C25H18N4O3/c1-16-22(18-11-5-7-13-20(18)26-23(16)17-9-3-2-4-10-17)25(31)32-15-29-24(30)19-12-6-8-14-21(19)27-28-29/h2-14H,15H2,1H3. The van der Waals surface area contributed by atoms with Crippen molar-refractivity contribution >= 4 is 27.8 Å². The number of hydrogen-bond acceptors (Lipinski definition) is 6. The Labute approximate surface area is 182 Å². The van der Waals surface area contributed by atoms with Gasteiger partial charge in [-0.3, -0.25) is 4.79 Å². The molecule has 0 aliphatic carbocycles. The van der Waals surface area contributed by atoms with Gasteiger partial charge in [0.25, 0.3) is 5.56 Å². The summed E-state index contributed by atoms with van der Waals surface area (Å²) in [6, 6.07) is 24.0. The predicted octanol–water partition coefficient (Wildman–Crippen LogP) is 4.13. The summed E-state index contributed by atoms with van der Waals surface area (Å²) < 4.78 is 6.56. The van der Waals surface area contributed by atoms with E-state index < -0.39 is 5.97 Å². The molecule has 0 bridgehead atoms. The molecule has 5 aromatic rings. The van der Waals surface area contributed by atoms with Gasteiger partial charge in [0.05, 0.1) is 22.2 Å². The van der Waals surface area contributed by atoms with Gasteiger partial charge in [-0.05, 0) is 30.7 Å². The Morgan fingerprint density at radius 3 is 2.31 bits per heavy atom. The molecule has 0 saturated heterocycles. The fourth-order valence-electron chi connectivity index (χ4n) is 3.75. The van der Waals surface area contributed by atoms with Crippen molar-refractivity contribution in [2.24, 2.45) is 0 Å². The number of ether oxygens (including phenoxy) is 1. The highest BCUT2D eigenvalue weighted by Crippen LogP contribution is 2.30. The molecule has 2 aromatic heterocycles. The van der Waals surface area contributed by atoms with Crippen molar-refractivity contribution in [3.63, 3.8) is 0 Å². The van der Waals surface area contributed by atoms with Crippen LogP contribution in [0.2, 0.25) is 0 Å². The minimum absolute atomic E-state index is 0.341. The van der Waals surface area contributed by atoms with E-state index in [1.54, 1.807) is 24.3 Å². The molecule has 156 valence electrons. The third-order valence-electron chi connectivity index (χ3n) is 5.33. The molecule has 0 N–H and O–H groups in total. The van der Waals surface area contributed by atoms with Gasteiger partial charge in [-0.1, -0.05) is 65.9 Å². The number of carbonyl (C=O) groups is 1. The van der Waals surface area contributed by atoms with Crippen molar-refractivity contribution in [2.75, 3.05) is 0 Å². The van der Waals surface area contributed by atoms with Crippen molar-refractivity contribution in [3.05, 3.63) is 100 Å². The fraction of sp³-hybridized carbons (Fsp3) is 0.0800. The SMILES string of the molecule is Cc1c(-c2ccccc2)nc2ccccc2c1C(=O)OCn1nnc2ccccc2c1=O. The molecule has 5 rings (SSSR count). The Morgan fingerprint density at radius 1 is 0.875 bits per heavy atom. The van der Waals surface area contributed by atoms with Gasteiger partial charge in [-0.15, -0.1) is 5.10 Å². The van der Waals surface area contributed by atoms with Crippen LogP contribution in [0.4, 0.5) is 0 Å². The Hall–Kier alpha value is -4.39. The molecular weight excluding hydrogens is 404 g/mol. The van der Waals surface area contributed by atoms with E-state index in [-0.39, 0.29) is 12.3 Å². The summed E-state index contributed by atoms with van der Waals surface area (Å²) in [6.45, 7) is 1.51.